The number of carbonyl (C=O) groups excluding carboxylic acids is 1. The average molecular weight is 334 g/mol. The second-order valence-corrected chi connectivity index (χ2v) is 6.14. The third-order valence-corrected chi connectivity index (χ3v) is 3.95. The average Bonchev–Trinajstić information content (AvgIpc) is 2.51. The van der Waals surface area contributed by atoms with Gasteiger partial charge in [-0.15, -0.1) is 0 Å². The largest absolute Gasteiger partial charge is 0.466 e. The van der Waals surface area contributed by atoms with Gasteiger partial charge in [0.05, 0.1) is 6.61 Å². The molecule has 0 aliphatic rings. The fourth-order valence-corrected chi connectivity index (χ4v) is 2.57. The van der Waals surface area contributed by atoms with E-state index < -0.39 is 0 Å². The van der Waals surface area contributed by atoms with Crippen LogP contribution in [0.15, 0.2) is 12.2 Å². The van der Waals surface area contributed by atoms with Gasteiger partial charge >= 0.3 is 5.97 Å². The van der Waals surface area contributed by atoms with E-state index in [2.05, 4.69) is 19.1 Å². The van der Waals surface area contributed by atoms with Crippen LogP contribution in [0.5, 0.6) is 0 Å². The van der Waals surface area contributed by atoms with Crippen LogP contribution in [0.2, 0.25) is 0 Å². The number of ether oxygens (including phenoxy) is 1. The van der Waals surface area contributed by atoms with Gasteiger partial charge < -0.3 is 4.74 Å². The van der Waals surface area contributed by atoms with Gasteiger partial charge in [0.25, 0.3) is 0 Å². The monoisotopic (exact) mass is 333 g/mol. The Bertz CT molecular complexity index is 264. The quantitative estimate of drug-likeness (QED) is 0.145. The maximum absolute atomic E-state index is 11.1. The Morgan fingerprint density at radius 3 is 1.74 bits per heavy atom. The van der Waals surface area contributed by atoms with Gasteiger partial charge in [-0.25, -0.2) is 0 Å². The van der Waals surface area contributed by atoms with Crippen LogP contribution in [0.3, 0.4) is 0 Å². The van der Waals surface area contributed by atoms with E-state index in [0.29, 0.717) is 13.0 Å². The molecular formula is C20H38NaO2. The first-order chi connectivity index (χ1) is 10.8. The predicted octanol–water partition coefficient (Wildman–Crippen LogP) is 6.21. The number of hydrogen-bond acceptors (Lipinski definition) is 2. The van der Waals surface area contributed by atoms with Crippen LogP contribution < -0.4 is 0 Å². The summed E-state index contributed by atoms with van der Waals surface area (Å²) in [6.45, 7) is 4.63. The summed E-state index contributed by atoms with van der Waals surface area (Å²) in [6, 6.07) is 0. The second kappa shape index (κ2) is 22.2. The predicted molar refractivity (Wildman–Crippen MR) is 102 cm³/mol. The number of unbranched alkanes of at least 4 members (excludes halogenated alkanes) is 11. The van der Waals surface area contributed by atoms with Crippen molar-refractivity contribution in [1.82, 2.24) is 0 Å². The Balaban J connectivity index is 0. The molecule has 0 aliphatic heterocycles. The van der Waals surface area contributed by atoms with Crippen LogP contribution >= 0.6 is 0 Å². The maximum Gasteiger partial charge on any atom is 0.305 e. The summed E-state index contributed by atoms with van der Waals surface area (Å²) < 4.78 is 4.91. The molecule has 1 radical (unpaired) electrons. The Labute approximate surface area is 167 Å². The molecule has 0 fully saturated rings. The van der Waals surface area contributed by atoms with E-state index in [1.54, 1.807) is 0 Å². The molecule has 0 atom stereocenters. The summed E-state index contributed by atoms with van der Waals surface area (Å²) in [4.78, 5) is 11.1. The van der Waals surface area contributed by atoms with Crippen molar-refractivity contribution in [3.63, 3.8) is 0 Å². The molecule has 0 N–H and O–H groups in total. The van der Waals surface area contributed by atoms with Crippen LogP contribution in [0.1, 0.15) is 104 Å². The van der Waals surface area contributed by atoms with Crippen molar-refractivity contribution in [3.8, 4) is 0 Å². The van der Waals surface area contributed by atoms with Gasteiger partial charge in [0.15, 0.2) is 0 Å². The second-order valence-electron chi connectivity index (χ2n) is 6.14. The van der Waals surface area contributed by atoms with Crippen molar-refractivity contribution in [1.29, 1.82) is 0 Å². The number of carbonyl (C=O) groups is 1. The Morgan fingerprint density at radius 1 is 0.739 bits per heavy atom. The van der Waals surface area contributed by atoms with E-state index in [0.717, 1.165) is 12.8 Å². The summed E-state index contributed by atoms with van der Waals surface area (Å²) in [5, 5.41) is 0. The van der Waals surface area contributed by atoms with Gasteiger partial charge in [0, 0.05) is 36.0 Å². The first kappa shape index (κ1) is 25.5. The number of hydrogen-bond donors (Lipinski definition) is 0. The maximum atomic E-state index is 11.1. The zero-order valence-electron chi connectivity index (χ0n) is 16.1. The Hall–Kier alpha value is 0.210. The van der Waals surface area contributed by atoms with Crippen molar-refractivity contribution >= 4 is 35.5 Å². The summed E-state index contributed by atoms with van der Waals surface area (Å²) in [5.41, 5.74) is 0. The first-order valence-corrected chi connectivity index (χ1v) is 9.61. The zero-order chi connectivity index (χ0) is 16.3. The van der Waals surface area contributed by atoms with Crippen LogP contribution in [-0.2, 0) is 9.53 Å². The van der Waals surface area contributed by atoms with Gasteiger partial charge in [0.2, 0.25) is 0 Å². The molecule has 0 rings (SSSR count). The van der Waals surface area contributed by atoms with E-state index >= 15 is 0 Å². The van der Waals surface area contributed by atoms with Crippen molar-refractivity contribution < 1.29 is 9.53 Å². The summed E-state index contributed by atoms with van der Waals surface area (Å²) in [6.07, 6.45) is 22.0. The number of allylic oxidation sites excluding steroid dienone is 2. The number of esters is 1. The van der Waals surface area contributed by atoms with Crippen molar-refractivity contribution in [2.45, 2.75) is 104 Å². The zero-order valence-corrected chi connectivity index (χ0v) is 18.1. The minimum Gasteiger partial charge on any atom is -0.466 e. The molecule has 131 valence electrons. The van der Waals surface area contributed by atoms with E-state index in [9.17, 15) is 4.79 Å². The molecule has 2 nitrogen and oxygen atoms in total. The van der Waals surface area contributed by atoms with Crippen molar-refractivity contribution in [2.75, 3.05) is 6.61 Å². The molecule has 0 saturated heterocycles. The standard InChI is InChI=1S/C20H38O2.Na/c1-3-5-6-7-8-9-10-11-12-13-14-15-16-17-18-19-20(21)22-4-2;/h11-12H,3-10,13-19H2,1-2H3;. The van der Waals surface area contributed by atoms with E-state index in [1.165, 1.54) is 70.6 Å². The van der Waals surface area contributed by atoms with E-state index in [-0.39, 0.29) is 35.5 Å². The van der Waals surface area contributed by atoms with Gasteiger partial charge in [-0.2, -0.15) is 0 Å². The van der Waals surface area contributed by atoms with Crippen LogP contribution in [-0.4, -0.2) is 42.1 Å². The molecule has 0 saturated carbocycles. The molecule has 0 heterocycles. The SMILES string of the molecule is CCCCCCCCC=CCCCCCCCC(=O)OCC.[Na]. The Kier molecular flexibility index (Phi) is 24.6. The van der Waals surface area contributed by atoms with Gasteiger partial charge in [0.1, 0.15) is 0 Å². The molecule has 0 amide bonds. The fourth-order valence-electron chi connectivity index (χ4n) is 2.57. The molecule has 0 unspecified atom stereocenters. The third kappa shape index (κ3) is 22.2. The van der Waals surface area contributed by atoms with E-state index in [1.807, 2.05) is 6.92 Å². The van der Waals surface area contributed by atoms with Crippen LogP contribution in [0.25, 0.3) is 0 Å². The van der Waals surface area contributed by atoms with Crippen molar-refractivity contribution in [2.24, 2.45) is 0 Å². The molecule has 3 heteroatoms. The summed E-state index contributed by atoms with van der Waals surface area (Å²) in [5.74, 6) is -0.0415. The molecule has 0 aromatic heterocycles. The van der Waals surface area contributed by atoms with Crippen LogP contribution in [0.4, 0.5) is 0 Å². The topological polar surface area (TPSA) is 26.3 Å². The molecule has 0 bridgehead atoms. The smallest absolute Gasteiger partial charge is 0.305 e. The fraction of sp³-hybridized carbons (Fsp3) is 0.850. The molecule has 23 heavy (non-hydrogen) atoms. The molecular weight excluding hydrogens is 295 g/mol. The minimum atomic E-state index is -0.0415. The Morgan fingerprint density at radius 2 is 1.22 bits per heavy atom. The van der Waals surface area contributed by atoms with Gasteiger partial charge in [-0.3, -0.25) is 4.79 Å². The van der Waals surface area contributed by atoms with Gasteiger partial charge in [-0.1, -0.05) is 70.4 Å². The number of rotatable bonds is 16. The van der Waals surface area contributed by atoms with E-state index in [4.69, 9.17) is 4.74 Å². The summed E-state index contributed by atoms with van der Waals surface area (Å²) in [7, 11) is 0. The van der Waals surface area contributed by atoms with Crippen LogP contribution in [0, 0.1) is 0 Å². The third-order valence-electron chi connectivity index (χ3n) is 3.95. The molecule has 0 aliphatic carbocycles. The molecule has 0 aromatic carbocycles. The normalized spacial score (nSPS) is 10.7. The minimum absolute atomic E-state index is 0. The molecule has 0 spiro atoms. The molecule has 0 aromatic rings. The van der Waals surface area contributed by atoms with Crippen molar-refractivity contribution in [3.05, 3.63) is 12.2 Å². The summed E-state index contributed by atoms with van der Waals surface area (Å²) >= 11 is 0. The first-order valence-electron chi connectivity index (χ1n) is 9.61. The van der Waals surface area contributed by atoms with Gasteiger partial charge in [-0.05, 0) is 39.0 Å².